The molecule has 140 valence electrons. The highest BCUT2D eigenvalue weighted by Crippen LogP contribution is 2.10. The second-order valence-electron chi connectivity index (χ2n) is 6.82. The van der Waals surface area contributed by atoms with Gasteiger partial charge in [0.1, 0.15) is 6.54 Å². The molecule has 0 aromatic carbocycles. The van der Waals surface area contributed by atoms with Gasteiger partial charge < -0.3 is 20.9 Å². The molecule has 0 bridgehead atoms. The summed E-state index contributed by atoms with van der Waals surface area (Å²) in [6.45, 7) is 11.9. The molecule has 1 rings (SSSR count). The summed E-state index contributed by atoms with van der Waals surface area (Å²) < 4.78 is 0. The minimum absolute atomic E-state index is 0. The van der Waals surface area contributed by atoms with E-state index in [0.29, 0.717) is 18.9 Å². The van der Waals surface area contributed by atoms with E-state index < -0.39 is 0 Å². The molecule has 1 unspecified atom stereocenters. The molecule has 1 heterocycles. The van der Waals surface area contributed by atoms with Gasteiger partial charge in [-0.3, -0.25) is 9.59 Å². The van der Waals surface area contributed by atoms with Crippen molar-refractivity contribution in [3.8, 4) is 0 Å². The number of guanidine groups is 1. The lowest BCUT2D eigenvalue weighted by Crippen LogP contribution is -2.46. The van der Waals surface area contributed by atoms with Crippen molar-refractivity contribution < 1.29 is 9.59 Å². The predicted octanol–water partition coefficient (Wildman–Crippen LogP) is 1.09. The van der Waals surface area contributed by atoms with Gasteiger partial charge in [-0.1, -0.05) is 6.92 Å². The molecule has 2 amide bonds. The lowest BCUT2D eigenvalue weighted by Gasteiger charge is -2.21. The van der Waals surface area contributed by atoms with Crippen LogP contribution in [-0.4, -0.2) is 60.4 Å². The Labute approximate surface area is 162 Å². The van der Waals surface area contributed by atoms with Crippen LogP contribution < -0.4 is 16.0 Å². The first-order chi connectivity index (χ1) is 10.7. The number of aliphatic imine (C=N–C) groups is 1. The van der Waals surface area contributed by atoms with Crippen molar-refractivity contribution >= 4 is 41.8 Å². The highest BCUT2D eigenvalue weighted by atomic mass is 127. The van der Waals surface area contributed by atoms with Crippen molar-refractivity contribution in [1.82, 2.24) is 20.9 Å². The molecule has 1 saturated heterocycles. The van der Waals surface area contributed by atoms with Crippen LogP contribution in [0.15, 0.2) is 4.99 Å². The minimum atomic E-state index is -0.259. The molecule has 0 aliphatic carbocycles. The molecule has 1 aliphatic rings. The van der Waals surface area contributed by atoms with E-state index in [1.54, 1.807) is 0 Å². The molecule has 0 saturated carbocycles. The third-order valence-electron chi connectivity index (χ3n) is 3.42. The normalized spacial score (nSPS) is 18.0. The lowest BCUT2D eigenvalue weighted by atomic mass is 10.1. The van der Waals surface area contributed by atoms with Gasteiger partial charge >= 0.3 is 0 Å². The van der Waals surface area contributed by atoms with Gasteiger partial charge in [0.2, 0.25) is 11.8 Å². The molecule has 0 aromatic heterocycles. The fourth-order valence-electron chi connectivity index (χ4n) is 2.45. The fourth-order valence-corrected chi connectivity index (χ4v) is 2.45. The van der Waals surface area contributed by atoms with Gasteiger partial charge in [0, 0.05) is 37.6 Å². The number of halogens is 1. The van der Waals surface area contributed by atoms with Crippen LogP contribution in [-0.2, 0) is 9.59 Å². The van der Waals surface area contributed by atoms with Crippen molar-refractivity contribution in [2.24, 2.45) is 4.99 Å². The average Bonchev–Trinajstić information content (AvgIpc) is 2.91. The monoisotopic (exact) mass is 453 g/mol. The van der Waals surface area contributed by atoms with Crippen molar-refractivity contribution in [2.45, 2.75) is 59.0 Å². The van der Waals surface area contributed by atoms with E-state index >= 15 is 0 Å². The van der Waals surface area contributed by atoms with Gasteiger partial charge in [-0.15, -0.1) is 24.0 Å². The summed E-state index contributed by atoms with van der Waals surface area (Å²) in [6, 6.07) is 0.175. The van der Waals surface area contributed by atoms with Gasteiger partial charge in [0.25, 0.3) is 0 Å². The van der Waals surface area contributed by atoms with Crippen molar-refractivity contribution in [3.63, 3.8) is 0 Å². The van der Waals surface area contributed by atoms with E-state index in [0.717, 1.165) is 19.5 Å². The number of likely N-dealkylation sites (tertiary alicyclic amines) is 1. The number of hydrogen-bond donors (Lipinski definition) is 3. The zero-order chi connectivity index (χ0) is 17.5. The summed E-state index contributed by atoms with van der Waals surface area (Å²) >= 11 is 0. The van der Waals surface area contributed by atoms with Crippen LogP contribution in [0.5, 0.6) is 0 Å². The van der Waals surface area contributed by atoms with Crippen LogP contribution in [0.3, 0.4) is 0 Å². The van der Waals surface area contributed by atoms with Crippen LogP contribution in [0, 0.1) is 0 Å². The first kappa shape index (κ1) is 22.9. The number of hydrogen-bond acceptors (Lipinski definition) is 3. The maximum Gasteiger partial charge on any atom is 0.242 e. The quantitative estimate of drug-likeness (QED) is 0.331. The maximum absolute atomic E-state index is 11.9. The zero-order valence-electron chi connectivity index (χ0n) is 15.4. The Morgan fingerprint density at radius 1 is 1.25 bits per heavy atom. The van der Waals surface area contributed by atoms with Gasteiger partial charge in [-0.25, -0.2) is 4.99 Å². The van der Waals surface area contributed by atoms with Crippen LogP contribution >= 0.6 is 24.0 Å². The summed E-state index contributed by atoms with van der Waals surface area (Å²) in [5, 5.41) is 9.34. The number of rotatable bonds is 5. The van der Waals surface area contributed by atoms with Gasteiger partial charge in [0.15, 0.2) is 5.96 Å². The molecular formula is C16H32IN5O2. The summed E-state index contributed by atoms with van der Waals surface area (Å²) in [5.41, 5.74) is -0.259. The fraction of sp³-hybridized carbons (Fsp3) is 0.812. The van der Waals surface area contributed by atoms with E-state index in [1.807, 2.05) is 39.5 Å². The van der Waals surface area contributed by atoms with Crippen LogP contribution in [0.25, 0.3) is 0 Å². The Balaban J connectivity index is 0.00000529. The third kappa shape index (κ3) is 8.70. The Kier molecular flexibility index (Phi) is 10.3. The van der Waals surface area contributed by atoms with Crippen LogP contribution in [0.2, 0.25) is 0 Å². The molecule has 24 heavy (non-hydrogen) atoms. The second-order valence-corrected chi connectivity index (χ2v) is 6.82. The number of nitrogens with one attached hydrogen (secondary N) is 3. The first-order valence-electron chi connectivity index (χ1n) is 8.38. The molecule has 1 aliphatic heterocycles. The van der Waals surface area contributed by atoms with Crippen LogP contribution in [0.1, 0.15) is 47.5 Å². The molecule has 1 fully saturated rings. The predicted molar refractivity (Wildman–Crippen MR) is 108 cm³/mol. The van der Waals surface area contributed by atoms with E-state index in [9.17, 15) is 9.59 Å². The molecule has 0 spiro atoms. The van der Waals surface area contributed by atoms with Crippen molar-refractivity contribution in [2.75, 3.05) is 26.2 Å². The van der Waals surface area contributed by atoms with Crippen molar-refractivity contribution in [3.05, 3.63) is 0 Å². The Morgan fingerprint density at radius 2 is 1.92 bits per heavy atom. The molecular weight excluding hydrogens is 421 g/mol. The molecule has 7 nitrogen and oxygen atoms in total. The van der Waals surface area contributed by atoms with Gasteiger partial charge in [0.05, 0.1) is 0 Å². The van der Waals surface area contributed by atoms with Crippen LogP contribution in [0.4, 0.5) is 0 Å². The Bertz CT molecular complexity index is 448. The van der Waals surface area contributed by atoms with E-state index in [2.05, 4.69) is 20.9 Å². The minimum Gasteiger partial charge on any atom is -0.357 e. The Hall–Kier alpha value is -1.06. The summed E-state index contributed by atoms with van der Waals surface area (Å²) in [5.74, 6) is 0.692. The van der Waals surface area contributed by atoms with Gasteiger partial charge in [-0.2, -0.15) is 0 Å². The third-order valence-corrected chi connectivity index (χ3v) is 3.42. The number of amides is 2. The maximum atomic E-state index is 11.9. The lowest BCUT2D eigenvalue weighted by molar-refractivity contribution is -0.129. The van der Waals surface area contributed by atoms with E-state index in [-0.39, 0.29) is 53.9 Å². The Morgan fingerprint density at radius 3 is 2.46 bits per heavy atom. The number of carbonyl (C=O) groups is 2. The zero-order valence-corrected chi connectivity index (χ0v) is 17.8. The number of nitrogens with zero attached hydrogens (tertiary/aromatic N) is 2. The SMILES string of the molecule is CCNC(=NCC(=O)NC(C)(C)C)NC1CCN(C(=O)CC)C1.I. The topological polar surface area (TPSA) is 85.8 Å². The molecule has 3 N–H and O–H groups in total. The summed E-state index contributed by atoms with van der Waals surface area (Å²) in [6.07, 6.45) is 1.43. The first-order valence-corrected chi connectivity index (χ1v) is 8.38. The van der Waals surface area contributed by atoms with Crippen molar-refractivity contribution in [1.29, 1.82) is 0 Å². The molecule has 0 aromatic rings. The highest BCUT2D eigenvalue weighted by molar-refractivity contribution is 14.0. The number of carbonyl (C=O) groups excluding carboxylic acids is 2. The van der Waals surface area contributed by atoms with E-state index in [4.69, 9.17) is 0 Å². The molecule has 8 heteroatoms. The van der Waals surface area contributed by atoms with Gasteiger partial charge in [-0.05, 0) is 34.1 Å². The second kappa shape index (κ2) is 10.7. The molecule has 0 radical (unpaired) electrons. The largest absolute Gasteiger partial charge is 0.357 e. The summed E-state index contributed by atoms with van der Waals surface area (Å²) in [4.78, 5) is 29.8. The average molecular weight is 453 g/mol. The smallest absolute Gasteiger partial charge is 0.242 e. The summed E-state index contributed by atoms with van der Waals surface area (Å²) in [7, 11) is 0. The molecule has 1 atom stereocenters. The highest BCUT2D eigenvalue weighted by Gasteiger charge is 2.25. The standard InChI is InChI=1S/C16H31N5O2.HI/c1-6-14(23)21-9-8-12(11-21)19-15(17-7-2)18-10-13(22)20-16(3,4)5;/h12H,6-11H2,1-5H3,(H,20,22)(H2,17,18,19);1H. The van der Waals surface area contributed by atoms with E-state index in [1.165, 1.54) is 0 Å².